The molecule has 0 aromatic carbocycles. The van der Waals surface area contributed by atoms with E-state index in [0.717, 1.165) is 10.1 Å². The number of aromatic nitrogens is 4. The molecule has 0 saturated heterocycles. The third kappa shape index (κ3) is 2.00. The predicted octanol–water partition coefficient (Wildman–Crippen LogP) is 0.842. The van der Waals surface area contributed by atoms with Crippen molar-refractivity contribution in [3.05, 3.63) is 17.2 Å². The molecule has 2 aromatic heterocycles. The van der Waals surface area contributed by atoms with E-state index in [0.29, 0.717) is 12.4 Å². The minimum atomic E-state index is 0.505. The quantitative estimate of drug-likeness (QED) is 0.785. The minimum absolute atomic E-state index is 0.505. The normalized spacial score (nSPS) is 10.2. The molecule has 0 aliphatic rings. The fraction of sp³-hybridized carbons (Fsp3) is 0.333. The molecular weight excluding hydrogens is 190 g/mol. The highest BCUT2D eigenvalue weighted by atomic mass is 32.1. The zero-order chi connectivity index (χ0) is 9.10. The molecule has 0 aliphatic carbocycles. The smallest absolute Gasteiger partial charge is 0.213 e. The summed E-state index contributed by atoms with van der Waals surface area (Å²) in [6, 6.07) is 0. The summed E-state index contributed by atoms with van der Waals surface area (Å²) < 4.78 is 4.57. The third-order valence-electron chi connectivity index (χ3n) is 1.33. The summed E-state index contributed by atoms with van der Waals surface area (Å²) in [5, 5.41) is 16.1. The Labute approximate surface area is 78.0 Å². The lowest BCUT2D eigenvalue weighted by Gasteiger charge is -1.94. The Balaban J connectivity index is 1.93. The van der Waals surface area contributed by atoms with Gasteiger partial charge in [-0.2, -0.15) is 4.98 Å². The number of aryl methyl sites for hydroxylation is 1. The SMILES string of the molecule is Cc1nnc(NCc2ncon2)s1. The lowest BCUT2D eigenvalue weighted by Crippen LogP contribution is -2.00. The molecule has 1 N–H and O–H groups in total. The summed E-state index contributed by atoms with van der Waals surface area (Å²) in [5.41, 5.74) is 0. The maximum absolute atomic E-state index is 4.57. The van der Waals surface area contributed by atoms with Crippen LogP contribution in [0.5, 0.6) is 0 Å². The maximum atomic E-state index is 4.57. The molecule has 2 rings (SSSR count). The van der Waals surface area contributed by atoms with E-state index in [1.165, 1.54) is 17.7 Å². The Morgan fingerprint density at radius 1 is 1.54 bits per heavy atom. The number of nitrogens with zero attached hydrogens (tertiary/aromatic N) is 4. The average molecular weight is 197 g/mol. The van der Waals surface area contributed by atoms with E-state index >= 15 is 0 Å². The molecule has 0 bridgehead atoms. The largest absolute Gasteiger partial charge is 0.353 e. The Hall–Kier alpha value is -1.50. The zero-order valence-electron chi connectivity index (χ0n) is 6.89. The molecule has 13 heavy (non-hydrogen) atoms. The number of anilines is 1. The highest BCUT2D eigenvalue weighted by molar-refractivity contribution is 7.15. The maximum Gasteiger partial charge on any atom is 0.213 e. The van der Waals surface area contributed by atoms with Crippen LogP contribution in [0, 0.1) is 6.92 Å². The summed E-state index contributed by atoms with van der Waals surface area (Å²) in [6.45, 7) is 2.41. The fourth-order valence-electron chi connectivity index (χ4n) is 0.793. The second-order valence-electron chi connectivity index (χ2n) is 2.33. The number of hydrogen-bond acceptors (Lipinski definition) is 7. The van der Waals surface area contributed by atoms with Crippen molar-refractivity contribution in [2.24, 2.45) is 0 Å². The Kier molecular flexibility index (Phi) is 2.17. The summed E-state index contributed by atoms with van der Waals surface area (Å²) in [4.78, 5) is 3.85. The first kappa shape index (κ1) is 8.11. The molecule has 0 spiro atoms. The van der Waals surface area contributed by atoms with Crippen LogP contribution in [-0.4, -0.2) is 20.3 Å². The summed E-state index contributed by atoms with van der Waals surface area (Å²) >= 11 is 1.49. The van der Waals surface area contributed by atoms with Crippen LogP contribution >= 0.6 is 11.3 Å². The van der Waals surface area contributed by atoms with Crippen molar-refractivity contribution in [1.29, 1.82) is 0 Å². The molecule has 7 heteroatoms. The monoisotopic (exact) mass is 197 g/mol. The third-order valence-corrected chi connectivity index (χ3v) is 2.13. The Morgan fingerprint density at radius 2 is 2.46 bits per heavy atom. The summed E-state index contributed by atoms with van der Waals surface area (Å²) in [6.07, 6.45) is 1.29. The fourth-order valence-corrected chi connectivity index (χ4v) is 1.38. The van der Waals surface area contributed by atoms with E-state index in [4.69, 9.17) is 0 Å². The van der Waals surface area contributed by atoms with Crippen LogP contribution in [0.25, 0.3) is 0 Å². The Morgan fingerprint density at radius 3 is 3.08 bits per heavy atom. The molecule has 6 nitrogen and oxygen atoms in total. The highest BCUT2D eigenvalue weighted by Gasteiger charge is 2.01. The van der Waals surface area contributed by atoms with Gasteiger partial charge in [-0.1, -0.05) is 16.5 Å². The second-order valence-corrected chi connectivity index (χ2v) is 3.51. The Bertz CT molecular complexity index is 370. The molecule has 0 fully saturated rings. The summed E-state index contributed by atoms with van der Waals surface area (Å²) in [5.74, 6) is 0.604. The minimum Gasteiger partial charge on any atom is -0.353 e. The molecule has 0 unspecified atom stereocenters. The van der Waals surface area contributed by atoms with Crippen LogP contribution < -0.4 is 5.32 Å². The van der Waals surface area contributed by atoms with E-state index in [1.807, 2.05) is 6.92 Å². The van der Waals surface area contributed by atoms with Crippen molar-refractivity contribution >= 4 is 16.5 Å². The van der Waals surface area contributed by atoms with Gasteiger partial charge in [0.15, 0.2) is 5.82 Å². The highest BCUT2D eigenvalue weighted by Crippen LogP contribution is 2.13. The second kappa shape index (κ2) is 3.48. The van der Waals surface area contributed by atoms with Crippen LogP contribution in [0.2, 0.25) is 0 Å². The first-order chi connectivity index (χ1) is 6.34. The molecule has 0 aliphatic heterocycles. The van der Waals surface area contributed by atoms with E-state index in [2.05, 4.69) is 30.2 Å². The molecule has 2 aromatic rings. The van der Waals surface area contributed by atoms with Crippen molar-refractivity contribution in [3.63, 3.8) is 0 Å². The molecule has 0 radical (unpaired) electrons. The molecule has 0 saturated carbocycles. The van der Waals surface area contributed by atoms with Crippen LogP contribution in [0.3, 0.4) is 0 Å². The standard InChI is InChI=1S/C6H7N5OS/c1-4-9-10-6(13-4)7-2-5-8-3-12-11-5/h3H,2H2,1H3,(H,7,10). The molecule has 68 valence electrons. The first-order valence-corrected chi connectivity index (χ1v) is 4.45. The van der Waals surface area contributed by atoms with Gasteiger partial charge < -0.3 is 9.84 Å². The lowest BCUT2D eigenvalue weighted by atomic mass is 10.6. The van der Waals surface area contributed by atoms with Crippen molar-refractivity contribution in [1.82, 2.24) is 20.3 Å². The van der Waals surface area contributed by atoms with E-state index < -0.39 is 0 Å². The first-order valence-electron chi connectivity index (χ1n) is 3.64. The van der Waals surface area contributed by atoms with Gasteiger partial charge in [0.05, 0.1) is 6.54 Å². The topological polar surface area (TPSA) is 76.7 Å². The van der Waals surface area contributed by atoms with E-state index in [-0.39, 0.29) is 0 Å². The number of hydrogen-bond donors (Lipinski definition) is 1. The predicted molar refractivity (Wildman–Crippen MR) is 46.3 cm³/mol. The molecular formula is C6H7N5OS. The van der Waals surface area contributed by atoms with Gasteiger partial charge in [-0.25, -0.2) is 0 Å². The van der Waals surface area contributed by atoms with Crippen LogP contribution in [-0.2, 0) is 6.54 Å². The lowest BCUT2D eigenvalue weighted by molar-refractivity contribution is 0.411. The van der Waals surface area contributed by atoms with Gasteiger partial charge in [0.2, 0.25) is 11.5 Å². The average Bonchev–Trinajstić information content (AvgIpc) is 2.71. The molecule has 0 atom stereocenters. The summed E-state index contributed by atoms with van der Waals surface area (Å²) in [7, 11) is 0. The molecule has 2 heterocycles. The number of nitrogens with one attached hydrogen (secondary N) is 1. The van der Waals surface area contributed by atoms with E-state index in [9.17, 15) is 0 Å². The van der Waals surface area contributed by atoms with Gasteiger partial charge in [0.1, 0.15) is 5.01 Å². The molecule has 0 amide bonds. The van der Waals surface area contributed by atoms with Crippen molar-refractivity contribution in [2.45, 2.75) is 13.5 Å². The van der Waals surface area contributed by atoms with Crippen LogP contribution in [0.4, 0.5) is 5.13 Å². The van der Waals surface area contributed by atoms with Gasteiger partial charge in [0.25, 0.3) is 0 Å². The van der Waals surface area contributed by atoms with Crippen molar-refractivity contribution in [2.75, 3.05) is 5.32 Å². The number of rotatable bonds is 3. The zero-order valence-corrected chi connectivity index (χ0v) is 7.71. The van der Waals surface area contributed by atoms with E-state index in [1.54, 1.807) is 0 Å². The van der Waals surface area contributed by atoms with Gasteiger partial charge in [-0.15, -0.1) is 10.2 Å². The van der Waals surface area contributed by atoms with Gasteiger partial charge in [-0.3, -0.25) is 0 Å². The van der Waals surface area contributed by atoms with Gasteiger partial charge in [0, 0.05) is 0 Å². The van der Waals surface area contributed by atoms with Gasteiger partial charge in [-0.05, 0) is 6.92 Å². The van der Waals surface area contributed by atoms with Crippen molar-refractivity contribution < 1.29 is 4.52 Å². The van der Waals surface area contributed by atoms with Crippen molar-refractivity contribution in [3.8, 4) is 0 Å². The van der Waals surface area contributed by atoms with Crippen LogP contribution in [0.15, 0.2) is 10.9 Å². The van der Waals surface area contributed by atoms with Crippen LogP contribution in [0.1, 0.15) is 10.8 Å². The van der Waals surface area contributed by atoms with Gasteiger partial charge >= 0.3 is 0 Å².